The first kappa shape index (κ1) is 22.7. The molecular formula is C23H27N3O4. The average molecular weight is 409 g/mol. The highest BCUT2D eigenvalue weighted by molar-refractivity contribution is 6.46. The first-order valence-corrected chi connectivity index (χ1v) is 9.78. The molecule has 0 aliphatic carbocycles. The number of ketones is 1. The van der Waals surface area contributed by atoms with E-state index < -0.39 is 11.7 Å². The molecule has 0 spiro atoms. The van der Waals surface area contributed by atoms with Crippen molar-refractivity contribution in [3.05, 3.63) is 65.9 Å². The summed E-state index contributed by atoms with van der Waals surface area (Å²) in [5.41, 5.74) is 2.09. The van der Waals surface area contributed by atoms with Crippen molar-refractivity contribution in [2.45, 2.75) is 27.2 Å². The van der Waals surface area contributed by atoms with Gasteiger partial charge in [0.15, 0.2) is 11.5 Å². The number of hydrogen-bond donors (Lipinski definition) is 1. The number of rotatable bonds is 7. The molecule has 0 atom stereocenters. The number of benzene rings is 2. The maximum atomic E-state index is 12.4. The van der Waals surface area contributed by atoms with Crippen LogP contribution >= 0.6 is 0 Å². The van der Waals surface area contributed by atoms with Gasteiger partial charge in [-0.3, -0.25) is 9.59 Å². The van der Waals surface area contributed by atoms with Gasteiger partial charge in [0.1, 0.15) is 5.82 Å². The van der Waals surface area contributed by atoms with Crippen molar-refractivity contribution in [2.24, 2.45) is 0 Å². The summed E-state index contributed by atoms with van der Waals surface area (Å²) in [6.07, 6.45) is 2.40. The number of methoxy groups -OCH3 is 2. The van der Waals surface area contributed by atoms with E-state index in [0.717, 1.165) is 12.0 Å². The third kappa shape index (κ3) is 5.05. The summed E-state index contributed by atoms with van der Waals surface area (Å²) in [5, 5.41) is 6.84. The topological polar surface area (TPSA) is 82.5 Å². The Bertz CT molecular complexity index is 994. The molecule has 0 fully saturated rings. The predicted molar refractivity (Wildman–Crippen MR) is 117 cm³/mol. The summed E-state index contributed by atoms with van der Waals surface area (Å²) in [6.45, 7) is 6.03. The van der Waals surface area contributed by atoms with Crippen LogP contribution in [0.2, 0.25) is 0 Å². The Labute approximate surface area is 176 Å². The molecular weight excluding hydrogens is 382 g/mol. The highest BCUT2D eigenvalue weighted by Gasteiger charge is 2.19. The molecule has 0 radical (unpaired) electrons. The molecule has 1 heterocycles. The molecule has 0 saturated heterocycles. The van der Waals surface area contributed by atoms with Crippen molar-refractivity contribution < 1.29 is 19.1 Å². The van der Waals surface area contributed by atoms with Crippen LogP contribution in [-0.2, 0) is 11.2 Å². The molecule has 2 aromatic carbocycles. The van der Waals surface area contributed by atoms with E-state index in [1.165, 1.54) is 18.0 Å². The summed E-state index contributed by atoms with van der Waals surface area (Å²) in [5.74, 6) is 0.138. The van der Waals surface area contributed by atoms with Gasteiger partial charge in [0, 0.05) is 17.7 Å². The molecule has 3 rings (SSSR count). The van der Waals surface area contributed by atoms with Crippen molar-refractivity contribution in [1.29, 1.82) is 0 Å². The van der Waals surface area contributed by atoms with E-state index in [2.05, 4.69) is 10.4 Å². The van der Waals surface area contributed by atoms with Crippen molar-refractivity contribution in [3.8, 4) is 17.2 Å². The Morgan fingerprint density at radius 3 is 2.23 bits per heavy atom. The fourth-order valence-corrected chi connectivity index (χ4v) is 2.76. The maximum Gasteiger partial charge on any atom is 0.297 e. The van der Waals surface area contributed by atoms with Gasteiger partial charge in [-0.2, -0.15) is 5.10 Å². The van der Waals surface area contributed by atoms with E-state index in [1.54, 1.807) is 43.5 Å². The largest absolute Gasteiger partial charge is 0.493 e. The van der Waals surface area contributed by atoms with Gasteiger partial charge in [-0.1, -0.05) is 45.0 Å². The van der Waals surface area contributed by atoms with Crippen molar-refractivity contribution >= 4 is 17.5 Å². The molecule has 0 saturated carbocycles. The maximum absolute atomic E-state index is 12.4. The number of aromatic nitrogens is 2. The van der Waals surface area contributed by atoms with Crippen LogP contribution in [0.15, 0.2) is 54.7 Å². The fraction of sp³-hybridized carbons (Fsp3) is 0.261. The number of nitrogens with zero attached hydrogens (tertiary/aromatic N) is 2. The molecule has 7 heteroatoms. The molecule has 7 nitrogen and oxygen atoms in total. The molecule has 3 aromatic rings. The second-order valence-electron chi connectivity index (χ2n) is 6.00. The lowest BCUT2D eigenvalue weighted by molar-refractivity contribution is -0.112. The summed E-state index contributed by atoms with van der Waals surface area (Å²) in [6, 6.07) is 13.9. The molecule has 0 bridgehead atoms. The Kier molecular flexibility index (Phi) is 8.17. The lowest BCUT2D eigenvalue weighted by atomic mass is 10.1. The highest BCUT2D eigenvalue weighted by Crippen LogP contribution is 2.30. The highest BCUT2D eigenvalue weighted by atomic mass is 16.5. The van der Waals surface area contributed by atoms with Gasteiger partial charge in [-0.25, -0.2) is 4.68 Å². The standard InChI is InChI=1S/C21H21N3O4.C2H6/c1-4-14-5-7-15(8-6-14)20(25)21(26)23-19-11-12-22-24(19)16-9-10-17(27-2)18(13-16)28-3;1-2/h5-13H,4H2,1-3H3,(H,23,26);1-2H3. The molecule has 30 heavy (non-hydrogen) atoms. The molecule has 0 unspecified atom stereocenters. The lowest BCUT2D eigenvalue weighted by Gasteiger charge is -2.12. The van der Waals surface area contributed by atoms with E-state index in [1.807, 2.05) is 32.9 Å². The zero-order valence-corrected chi connectivity index (χ0v) is 17.9. The first-order valence-electron chi connectivity index (χ1n) is 9.78. The molecule has 0 aliphatic heterocycles. The third-order valence-electron chi connectivity index (χ3n) is 4.33. The van der Waals surface area contributed by atoms with Crippen LogP contribution in [0.4, 0.5) is 5.82 Å². The van der Waals surface area contributed by atoms with Gasteiger partial charge in [-0.15, -0.1) is 0 Å². The second-order valence-corrected chi connectivity index (χ2v) is 6.00. The van der Waals surface area contributed by atoms with Crippen LogP contribution < -0.4 is 14.8 Å². The monoisotopic (exact) mass is 409 g/mol. The SMILES string of the molecule is CC.CCc1ccc(C(=O)C(=O)Nc2ccnn2-c2ccc(OC)c(OC)c2)cc1. The summed E-state index contributed by atoms with van der Waals surface area (Å²) < 4.78 is 12.0. The Morgan fingerprint density at radius 2 is 1.63 bits per heavy atom. The molecule has 158 valence electrons. The van der Waals surface area contributed by atoms with E-state index in [-0.39, 0.29) is 0 Å². The van der Waals surface area contributed by atoms with Gasteiger partial charge in [-0.05, 0) is 24.1 Å². The number of amides is 1. The predicted octanol–water partition coefficient (Wildman–Crippen LogP) is 4.30. The van der Waals surface area contributed by atoms with Crippen LogP contribution in [-0.4, -0.2) is 35.7 Å². The lowest BCUT2D eigenvalue weighted by Crippen LogP contribution is -2.24. The minimum Gasteiger partial charge on any atom is -0.493 e. The van der Waals surface area contributed by atoms with Crippen molar-refractivity contribution in [3.63, 3.8) is 0 Å². The van der Waals surface area contributed by atoms with Crippen molar-refractivity contribution in [2.75, 3.05) is 19.5 Å². The number of ether oxygens (including phenoxy) is 2. The molecule has 1 aromatic heterocycles. The molecule has 1 amide bonds. The van der Waals surface area contributed by atoms with Crippen LogP contribution in [0.25, 0.3) is 5.69 Å². The number of carbonyl (C=O) groups excluding carboxylic acids is 2. The first-order chi connectivity index (χ1) is 14.6. The van der Waals surface area contributed by atoms with Gasteiger partial charge >= 0.3 is 0 Å². The minimum absolute atomic E-state index is 0.340. The van der Waals surface area contributed by atoms with Gasteiger partial charge in [0.25, 0.3) is 11.7 Å². The number of aryl methyl sites for hydroxylation is 1. The van der Waals surface area contributed by atoms with Crippen molar-refractivity contribution in [1.82, 2.24) is 9.78 Å². The number of nitrogens with one attached hydrogen (secondary N) is 1. The zero-order valence-electron chi connectivity index (χ0n) is 17.9. The van der Waals surface area contributed by atoms with Gasteiger partial charge in [0.05, 0.1) is 26.1 Å². The van der Waals surface area contributed by atoms with Gasteiger partial charge in [0.2, 0.25) is 0 Å². The van der Waals surface area contributed by atoms with Crippen LogP contribution in [0.3, 0.4) is 0 Å². The van der Waals surface area contributed by atoms with Crippen LogP contribution in [0, 0.1) is 0 Å². The average Bonchev–Trinajstić information content (AvgIpc) is 3.27. The number of Topliss-reactive ketones (excluding diaryl/α,β-unsaturated/α-hetero) is 1. The third-order valence-corrected chi connectivity index (χ3v) is 4.33. The smallest absolute Gasteiger partial charge is 0.297 e. The number of anilines is 1. The summed E-state index contributed by atoms with van der Waals surface area (Å²) >= 11 is 0. The number of carbonyl (C=O) groups is 2. The van der Waals surface area contributed by atoms with Crippen LogP contribution in [0.5, 0.6) is 11.5 Å². The van der Waals surface area contributed by atoms with E-state index in [4.69, 9.17) is 9.47 Å². The zero-order chi connectivity index (χ0) is 22.1. The molecule has 0 aliphatic rings. The minimum atomic E-state index is -0.730. The Hall–Kier alpha value is -3.61. The normalized spacial score (nSPS) is 9.90. The fourth-order valence-electron chi connectivity index (χ4n) is 2.76. The van der Waals surface area contributed by atoms with E-state index >= 15 is 0 Å². The Morgan fingerprint density at radius 1 is 0.967 bits per heavy atom. The summed E-state index contributed by atoms with van der Waals surface area (Å²) in [7, 11) is 3.09. The summed E-state index contributed by atoms with van der Waals surface area (Å²) in [4.78, 5) is 24.8. The van der Waals surface area contributed by atoms with E-state index in [0.29, 0.717) is 28.6 Å². The molecule has 1 N–H and O–H groups in total. The van der Waals surface area contributed by atoms with Gasteiger partial charge < -0.3 is 14.8 Å². The van der Waals surface area contributed by atoms with E-state index in [9.17, 15) is 9.59 Å². The Balaban J connectivity index is 0.00000155. The quantitative estimate of drug-likeness (QED) is 0.465. The number of hydrogen-bond acceptors (Lipinski definition) is 5. The second kappa shape index (κ2) is 10.8. The van der Waals surface area contributed by atoms with Crippen LogP contribution in [0.1, 0.15) is 36.7 Å².